The van der Waals surface area contributed by atoms with Gasteiger partial charge in [-0.25, -0.2) is 4.79 Å². The first kappa shape index (κ1) is 12.3. The summed E-state index contributed by atoms with van der Waals surface area (Å²) in [5.41, 5.74) is 1.08. The van der Waals surface area contributed by atoms with Gasteiger partial charge in [-0.05, 0) is 41.4 Å². The number of hydrogen-bond donors (Lipinski definition) is 0. The molecule has 2 rings (SSSR count). The van der Waals surface area contributed by atoms with Crippen molar-refractivity contribution in [1.29, 1.82) is 0 Å². The highest BCUT2D eigenvalue weighted by Gasteiger charge is 2.18. The molecule has 7 heteroatoms. The van der Waals surface area contributed by atoms with Crippen LogP contribution in [-0.2, 0) is 4.74 Å². The van der Waals surface area contributed by atoms with Crippen molar-refractivity contribution >= 4 is 33.2 Å². The zero-order chi connectivity index (χ0) is 12.4. The normalized spacial score (nSPS) is 10.5. The van der Waals surface area contributed by atoms with Gasteiger partial charge in [0, 0.05) is 0 Å². The number of hydrogen-bond acceptors (Lipinski definition) is 6. The molecule has 2 heterocycles. The number of aromatic nitrogens is 2. The molecule has 0 aliphatic heterocycles. The maximum Gasteiger partial charge on any atom is 0.396 e. The van der Waals surface area contributed by atoms with E-state index >= 15 is 0 Å². The van der Waals surface area contributed by atoms with E-state index in [0.717, 1.165) is 14.2 Å². The number of thiophene rings is 1. The third-order valence-electron chi connectivity index (χ3n) is 1.94. The Bertz CT molecular complexity index is 530. The number of aryl methyl sites for hydroxylation is 1. The van der Waals surface area contributed by atoms with Crippen molar-refractivity contribution in [2.24, 2.45) is 0 Å². The van der Waals surface area contributed by atoms with E-state index in [1.165, 1.54) is 11.3 Å². The Morgan fingerprint density at radius 2 is 2.35 bits per heavy atom. The molecule has 0 amide bonds. The fourth-order valence-corrected chi connectivity index (χ4v) is 2.62. The Balaban J connectivity index is 2.26. The topological polar surface area (TPSA) is 65.2 Å². The van der Waals surface area contributed by atoms with Crippen LogP contribution in [0.3, 0.4) is 0 Å². The minimum absolute atomic E-state index is 0.121. The van der Waals surface area contributed by atoms with Gasteiger partial charge < -0.3 is 9.15 Å². The number of halogens is 1. The monoisotopic (exact) mass is 316 g/mol. The molecule has 0 spiro atoms. The van der Waals surface area contributed by atoms with E-state index in [1.807, 2.05) is 13.0 Å². The van der Waals surface area contributed by atoms with Crippen LogP contribution in [0.1, 0.15) is 23.2 Å². The molecule has 0 atom stereocenters. The van der Waals surface area contributed by atoms with E-state index in [9.17, 15) is 4.79 Å². The first-order valence-electron chi connectivity index (χ1n) is 4.88. The molecule has 90 valence electrons. The molecule has 0 unspecified atom stereocenters. The molecule has 0 aliphatic carbocycles. The first-order valence-corrected chi connectivity index (χ1v) is 6.49. The van der Waals surface area contributed by atoms with Gasteiger partial charge in [0.2, 0.25) is 0 Å². The second kappa shape index (κ2) is 4.97. The van der Waals surface area contributed by atoms with Crippen molar-refractivity contribution < 1.29 is 13.9 Å². The van der Waals surface area contributed by atoms with Crippen molar-refractivity contribution in [3.63, 3.8) is 0 Å². The number of carbonyl (C=O) groups excluding carboxylic acids is 1. The summed E-state index contributed by atoms with van der Waals surface area (Å²) in [6.45, 7) is 3.96. The third kappa shape index (κ3) is 2.55. The summed E-state index contributed by atoms with van der Waals surface area (Å²) in [6, 6.07) is 1.91. The molecule has 2 aromatic heterocycles. The van der Waals surface area contributed by atoms with E-state index in [4.69, 9.17) is 9.15 Å². The molecule has 0 saturated heterocycles. The SMILES string of the molecule is CCOC(=O)c1nnc(-c2cc(C)c(Br)s2)o1. The van der Waals surface area contributed by atoms with E-state index in [-0.39, 0.29) is 12.5 Å². The lowest BCUT2D eigenvalue weighted by Gasteiger charge is -1.93. The van der Waals surface area contributed by atoms with E-state index in [0.29, 0.717) is 5.89 Å². The second-order valence-corrected chi connectivity index (χ2v) is 5.57. The zero-order valence-electron chi connectivity index (χ0n) is 9.19. The Hall–Kier alpha value is -1.21. The standard InChI is InChI=1S/C10H9BrN2O3S/c1-3-15-10(14)9-13-12-8(16-9)6-4-5(2)7(11)17-6/h4H,3H2,1-2H3. The van der Waals surface area contributed by atoms with Gasteiger partial charge in [0.1, 0.15) is 0 Å². The second-order valence-electron chi connectivity index (χ2n) is 3.20. The van der Waals surface area contributed by atoms with Gasteiger partial charge in [0.25, 0.3) is 5.89 Å². The molecule has 0 saturated carbocycles. The number of nitrogens with zero attached hydrogens (tertiary/aromatic N) is 2. The summed E-state index contributed by atoms with van der Waals surface area (Å²) in [5.74, 6) is -0.394. The van der Waals surface area contributed by atoms with Gasteiger partial charge in [-0.1, -0.05) is 0 Å². The van der Waals surface area contributed by atoms with Gasteiger partial charge in [0.15, 0.2) is 0 Å². The maximum atomic E-state index is 11.3. The van der Waals surface area contributed by atoms with Gasteiger partial charge >= 0.3 is 11.9 Å². The maximum absolute atomic E-state index is 11.3. The van der Waals surface area contributed by atoms with E-state index in [1.54, 1.807) is 6.92 Å². The predicted octanol–water partition coefficient (Wildman–Crippen LogP) is 3.05. The quantitative estimate of drug-likeness (QED) is 0.814. The average molecular weight is 317 g/mol. The van der Waals surface area contributed by atoms with Crippen LogP contribution in [0.2, 0.25) is 0 Å². The minimum Gasteiger partial charge on any atom is -0.459 e. The Labute approximate surface area is 110 Å². The molecule has 2 aromatic rings. The average Bonchev–Trinajstić information content (AvgIpc) is 2.87. The van der Waals surface area contributed by atoms with Gasteiger partial charge in [-0.3, -0.25) is 0 Å². The molecule has 0 fully saturated rings. The molecule has 5 nitrogen and oxygen atoms in total. The van der Waals surface area contributed by atoms with Crippen molar-refractivity contribution in [3.8, 4) is 10.8 Å². The molecule has 0 N–H and O–H groups in total. The summed E-state index contributed by atoms with van der Waals surface area (Å²) in [6.07, 6.45) is 0. The van der Waals surface area contributed by atoms with E-state index in [2.05, 4.69) is 26.1 Å². The largest absolute Gasteiger partial charge is 0.459 e. The lowest BCUT2D eigenvalue weighted by molar-refractivity contribution is 0.0481. The molecule has 17 heavy (non-hydrogen) atoms. The third-order valence-corrected chi connectivity index (χ3v) is 4.07. The minimum atomic E-state index is -0.599. The smallest absolute Gasteiger partial charge is 0.396 e. The van der Waals surface area contributed by atoms with Crippen LogP contribution >= 0.6 is 27.3 Å². The van der Waals surface area contributed by atoms with E-state index < -0.39 is 5.97 Å². The van der Waals surface area contributed by atoms with Crippen LogP contribution in [0.15, 0.2) is 14.3 Å². The fraction of sp³-hybridized carbons (Fsp3) is 0.300. The van der Waals surface area contributed by atoms with Crippen LogP contribution in [0.4, 0.5) is 0 Å². The van der Waals surface area contributed by atoms with Gasteiger partial charge in [0.05, 0.1) is 15.3 Å². The Morgan fingerprint density at radius 1 is 1.59 bits per heavy atom. The Kier molecular flexibility index (Phi) is 3.58. The Morgan fingerprint density at radius 3 is 2.94 bits per heavy atom. The fourth-order valence-electron chi connectivity index (χ4n) is 1.16. The van der Waals surface area contributed by atoms with Gasteiger partial charge in [-0.2, -0.15) is 0 Å². The predicted molar refractivity (Wildman–Crippen MR) is 66.0 cm³/mol. The van der Waals surface area contributed by atoms with Crippen LogP contribution < -0.4 is 0 Å². The molecular weight excluding hydrogens is 308 g/mol. The highest BCUT2D eigenvalue weighted by atomic mass is 79.9. The van der Waals surface area contributed by atoms with Crippen LogP contribution in [0.25, 0.3) is 10.8 Å². The van der Waals surface area contributed by atoms with Crippen molar-refractivity contribution in [3.05, 3.63) is 21.3 Å². The summed E-state index contributed by atoms with van der Waals surface area (Å²) >= 11 is 4.89. The molecular formula is C10H9BrN2O3S. The van der Waals surface area contributed by atoms with Crippen molar-refractivity contribution in [2.45, 2.75) is 13.8 Å². The van der Waals surface area contributed by atoms with Crippen LogP contribution in [-0.4, -0.2) is 22.8 Å². The van der Waals surface area contributed by atoms with Crippen molar-refractivity contribution in [1.82, 2.24) is 10.2 Å². The lowest BCUT2D eigenvalue weighted by atomic mass is 10.3. The summed E-state index contributed by atoms with van der Waals surface area (Å²) < 4.78 is 11.0. The zero-order valence-corrected chi connectivity index (χ0v) is 11.6. The molecule has 0 radical (unpaired) electrons. The molecule has 0 aliphatic rings. The first-order chi connectivity index (χ1) is 8.11. The van der Waals surface area contributed by atoms with Crippen LogP contribution in [0, 0.1) is 6.92 Å². The summed E-state index contributed by atoms with van der Waals surface area (Å²) in [4.78, 5) is 12.2. The van der Waals surface area contributed by atoms with Gasteiger partial charge in [-0.15, -0.1) is 21.5 Å². The van der Waals surface area contributed by atoms with Crippen LogP contribution in [0.5, 0.6) is 0 Å². The van der Waals surface area contributed by atoms with Crippen molar-refractivity contribution in [2.75, 3.05) is 6.61 Å². The number of ether oxygens (including phenoxy) is 1. The highest BCUT2D eigenvalue weighted by Crippen LogP contribution is 2.33. The lowest BCUT2D eigenvalue weighted by Crippen LogP contribution is -2.04. The molecule has 0 aromatic carbocycles. The number of carbonyl (C=O) groups is 1. The summed E-state index contributed by atoms with van der Waals surface area (Å²) in [7, 11) is 0. The molecule has 0 bridgehead atoms. The highest BCUT2D eigenvalue weighted by molar-refractivity contribution is 9.11. The number of rotatable bonds is 3. The number of esters is 1. The summed E-state index contributed by atoms with van der Waals surface area (Å²) in [5, 5.41) is 7.47.